The van der Waals surface area contributed by atoms with Crippen LogP contribution in [0.5, 0.6) is 0 Å². The van der Waals surface area contributed by atoms with Crippen LogP contribution in [0, 0.1) is 0 Å². The van der Waals surface area contributed by atoms with Gasteiger partial charge < -0.3 is 9.90 Å². The zero-order valence-electron chi connectivity index (χ0n) is 8.20. The number of alkyl halides is 1. The number of hydrogen-bond acceptors (Lipinski definition) is 3. The van der Waals surface area contributed by atoms with E-state index in [2.05, 4.69) is 27.1 Å². The maximum absolute atomic E-state index is 8.89. The lowest BCUT2D eigenvalue weighted by Gasteiger charge is -2.02. The van der Waals surface area contributed by atoms with E-state index in [9.17, 15) is 0 Å². The topological polar surface area (TPSA) is 56.9 Å². The fourth-order valence-electron chi connectivity index (χ4n) is 0.892. The number of carboxylic acids is 1. The molecule has 1 heterocycles. The summed E-state index contributed by atoms with van der Waals surface area (Å²) in [6, 6.07) is 0. The van der Waals surface area contributed by atoms with Crippen molar-refractivity contribution in [3.8, 4) is 0 Å². The van der Waals surface area contributed by atoms with Gasteiger partial charge in [0.2, 0.25) is 0 Å². The lowest BCUT2D eigenvalue weighted by atomic mass is 10.3. The number of rotatable bonds is 4. The van der Waals surface area contributed by atoms with E-state index in [1.807, 2.05) is 12.5 Å². The van der Waals surface area contributed by atoms with Crippen molar-refractivity contribution < 1.29 is 14.8 Å². The van der Waals surface area contributed by atoms with Crippen LogP contribution < -0.4 is 10.0 Å². The summed E-state index contributed by atoms with van der Waals surface area (Å²) in [5, 5.41) is 10.0. The molecule has 1 rings (SSSR count). The van der Waals surface area contributed by atoms with Gasteiger partial charge in [-0.05, 0) is 19.8 Å². The van der Waals surface area contributed by atoms with Gasteiger partial charge in [-0.1, -0.05) is 15.9 Å². The van der Waals surface area contributed by atoms with Crippen LogP contribution in [0.3, 0.4) is 0 Å². The number of aliphatic imine (C=N–C) groups is 1. The van der Waals surface area contributed by atoms with Gasteiger partial charge in [0.15, 0.2) is 6.34 Å². The Bertz CT molecular complexity index is 201. The van der Waals surface area contributed by atoms with Gasteiger partial charge in [-0.3, -0.25) is 4.90 Å². The second-order valence-corrected chi connectivity index (χ2v) is 3.60. The van der Waals surface area contributed by atoms with Gasteiger partial charge in [-0.2, -0.15) is 0 Å². The zero-order chi connectivity index (χ0) is 10.8. The highest BCUT2D eigenvalue weighted by Gasteiger charge is 2.03. The lowest BCUT2D eigenvalue weighted by molar-refractivity contribution is -0.736. The fraction of sp³-hybridized carbons (Fsp3) is 0.556. The number of unbranched alkanes of at least 4 members (excludes halogenated alkanes) is 1. The van der Waals surface area contributed by atoms with Crippen molar-refractivity contribution in [2.24, 2.45) is 4.99 Å². The molecule has 0 bridgehead atoms. The third-order valence-corrected chi connectivity index (χ3v) is 2.02. The van der Waals surface area contributed by atoms with Crippen LogP contribution in [0.4, 0.5) is 0 Å². The number of carboxylic acid groups (broad SMARTS) is 1. The Morgan fingerprint density at radius 1 is 1.57 bits per heavy atom. The molecule has 0 spiro atoms. The molecule has 0 radical (unpaired) electrons. The molecule has 1 N–H and O–H groups in total. The van der Waals surface area contributed by atoms with E-state index in [0.717, 1.165) is 12.3 Å². The first-order chi connectivity index (χ1) is 6.66. The normalized spacial score (nSPS) is 17.7. The van der Waals surface area contributed by atoms with Crippen LogP contribution in [0.2, 0.25) is 0 Å². The van der Waals surface area contributed by atoms with Gasteiger partial charge in [0.25, 0.3) is 0 Å². The van der Waals surface area contributed by atoms with Crippen molar-refractivity contribution in [2.75, 3.05) is 11.9 Å². The third-order valence-electron chi connectivity index (χ3n) is 1.46. The van der Waals surface area contributed by atoms with Crippen LogP contribution in [0.1, 0.15) is 19.8 Å². The lowest BCUT2D eigenvalue weighted by Crippen LogP contribution is -3.05. The third kappa shape index (κ3) is 9.41. The van der Waals surface area contributed by atoms with E-state index in [1.165, 1.54) is 24.3 Å². The Kier molecular flexibility index (Phi) is 8.47. The molecule has 4 nitrogen and oxygen atoms in total. The molecule has 0 aromatic carbocycles. The van der Waals surface area contributed by atoms with Crippen LogP contribution in [-0.2, 0) is 4.79 Å². The quantitative estimate of drug-likeness (QED) is 0.539. The van der Waals surface area contributed by atoms with Crippen LogP contribution in [0.25, 0.3) is 0 Å². The number of nitrogens with one attached hydrogen (secondary N) is 1. The number of carbonyl (C=O) groups excluding carboxylic acids is 1. The van der Waals surface area contributed by atoms with Gasteiger partial charge in [0.05, 0.1) is 12.7 Å². The van der Waals surface area contributed by atoms with Gasteiger partial charge in [0, 0.05) is 11.3 Å². The molecule has 1 unspecified atom stereocenters. The van der Waals surface area contributed by atoms with E-state index in [-0.39, 0.29) is 0 Å². The Hall–Kier alpha value is -0.680. The summed E-state index contributed by atoms with van der Waals surface area (Å²) in [7, 11) is 0. The minimum Gasteiger partial charge on any atom is -0.550 e. The maximum Gasteiger partial charge on any atom is 0.193 e. The highest BCUT2D eigenvalue weighted by Crippen LogP contribution is 1.90. The largest absolute Gasteiger partial charge is 0.550 e. The predicted octanol–water partition coefficient (Wildman–Crippen LogP) is -0.684. The highest BCUT2D eigenvalue weighted by atomic mass is 79.9. The molecule has 1 aliphatic heterocycles. The minimum absolute atomic E-state index is 0.972. The van der Waals surface area contributed by atoms with E-state index < -0.39 is 5.97 Å². The molecule has 80 valence electrons. The van der Waals surface area contributed by atoms with Crippen LogP contribution >= 0.6 is 15.9 Å². The van der Waals surface area contributed by atoms with Crippen molar-refractivity contribution in [2.45, 2.75) is 19.8 Å². The summed E-state index contributed by atoms with van der Waals surface area (Å²) in [6.45, 7) is 2.14. The maximum atomic E-state index is 8.89. The second kappa shape index (κ2) is 8.90. The standard InChI is InChI=1S/C7H11BrN2.C2H4O2/c8-3-1-2-5-10-6-4-9-7-10;1-2(3)4/h4,6-7H,1-3,5H2;1H3,(H,3,4). The Morgan fingerprint density at radius 3 is 2.64 bits per heavy atom. The summed E-state index contributed by atoms with van der Waals surface area (Å²) in [4.78, 5) is 14.2. The molecule has 0 aromatic rings. The Balaban J connectivity index is 0.000000364. The molecular formula is C9H15BrN2O2. The summed E-state index contributed by atoms with van der Waals surface area (Å²) >= 11 is 3.40. The number of quaternary nitrogens is 1. The van der Waals surface area contributed by atoms with E-state index >= 15 is 0 Å². The average molecular weight is 263 g/mol. The molecule has 0 saturated heterocycles. The molecule has 0 aromatic heterocycles. The zero-order valence-corrected chi connectivity index (χ0v) is 9.79. The van der Waals surface area contributed by atoms with Crippen molar-refractivity contribution in [1.82, 2.24) is 0 Å². The van der Waals surface area contributed by atoms with Gasteiger partial charge in [-0.25, -0.2) is 4.99 Å². The summed E-state index contributed by atoms with van der Waals surface area (Å²) in [5.74, 6) is -1.08. The monoisotopic (exact) mass is 262 g/mol. The number of hydrogen-bond donors (Lipinski definition) is 1. The summed E-state index contributed by atoms with van der Waals surface area (Å²) in [6.07, 6.45) is 8.38. The molecule has 0 aliphatic carbocycles. The van der Waals surface area contributed by atoms with E-state index in [4.69, 9.17) is 9.90 Å². The predicted molar refractivity (Wildman–Crippen MR) is 57.2 cm³/mol. The highest BCUT2D eigenvalue weighted by molar-refractivity contribution is 9.09. The molecule has 0 amide bonds. The fourth-order valence-corrected chi connectivity index (χ4v) is 1.29. The first-order valence-corrected chi connectivity index (χ1v) is 5.58. The smallest absolute Gasteiger partial charge is 0.193 e. The van der Waals surface area contributed by atoms with Crippen molar-refractivity contribution in [3.05, 3.63) is 12.4 Å². The first-order valence-electron chi connectivity index (χ1n) is 4.46. The molecule has 1 aliphatic rings. The second-order valence-electron chi connectivity index (χ2n) is 2.81. The minimum atomic E-state index is -1.08. The summed E-state index contributed by atoms with van der Waals surface area (Å²) < 4.78 is 0. The molecule has 5 heteroatoms. The van der Waals surface area contributed by atoms with Crippen molar-refractivity contribution >= 4 is 28.2 Å². The molecule has 14 heavy (non-hydrogen) atoms. The van der Waals surface area contributed by atoms with Gasteiger partial charge in [-0.15, -0.1) is 0 Å². The molecule has 0 fully saturated rings. The van der Waals surface area contributed by atoms with Gasteiger partial charge in [0.1, 0.15) is 6.20 Å². The van der Waals surface area contributed by atoms with Crippen molar-refractivity contribution in [3.63, 3.8) is 0 Å². The Labute approximate surface area is 92.4 Å². The number of nitrogens with zero attached hydrogens (tertiary/aromatic N) is 1. The van der Waals surface area contributed by atoms with Crippen molar-refractivity contribution in [1.29, 1.82) is 0 Å². The van der Waals surface area contributed by atoms with E-state index in [1.54, 1.807) is 0 Å². The number of carbonyl (C=O) groups is 1. The molecular weight excluding hydrogens is 248 g/mol. The van der Waals surface area contributed by atoms with E-state index in [0.29, 0.717) is 0 Å². The molecule has 0 saturated carbocycles. The summed E-state index contributed by atoms with van der Waals surface area (Å²) in [5.41, 5.74) is 0. The number of halogens is 1. The average Bonchev–Trinajstić information content (AvgIpc) is 2.56. The number of aliphatic carboxylic acids is 1. The Morgan fingerprint density at radius 2 is 2.21 bits per heavy atom. The molecule has 1 atom stereocenters. The van der Waals surface area contributed by atoms with Crippen LogP contribution in [-0.4, -0.2) is 24.2 Å². The first kappa shape index (κ1) is 13.3. The SMILES string of the molecule is BrCCCC[NH+]1C=CN=C1.CC(=O)[O-]. The van der Waals surface area contributed by atoms with Crippen LogP contribution in [0.15, 0.2) is 17.4 Å². The van der Waals surface area contributed by atoms with Gasteiger partial charge >= 0.3 is 0 Å².